The van der Waals surface area contributed by atoms with Crippen molar-refractivity contribution in [3.05, 3.63) is 42.1 Å². The Hall–Kier alpha value is -2.90. The number of nitrogens with zero attached hydrogens (tertiary/aromatic N) is 3. The maximum Gasteiger partial charge on any atom is 0.407 e. The highest BCUT2D eigenvalue weighted by Gasteiger charge is 2.16. The summed E-state index contributed by atoms with van der Waals surface area (Å²) in [6, 6.07) is 3.34. The molecule has 0 saturated heterocycles. The Kier molecular flexibility index (Phi) is 5.18. The number of methoxy groups -OCH3 is 1. The molecule has 128 valence electrons. The third-order valence-electron chi connectivity index (χ3n) is 2.90. The van der Waals surface area contributed by atoms with Gasteiger partial charge in [0.1, 0.15) is 17.7 Å². The monoisotopic (exact) mass is 332 g/mol. The largest absolute Gasteiger partial charge is 0.465 e. The second kappa shape index (κ2) is 7.12. The van der Waals surface area contributed by atoms with Gasteiger partial charge in [-0.1, -0.05) is 0 Å². The fraction of sp³-hybridized carbons (Fsp3) is 0.375. The van der Waals surface area contributed by atoms with Crippen LogP contribution < -0.4 is 5.32 Å². The summed E-state index contributed by atoms with van der Waals surface area (Å²) in [5, 5.41) is 2.63. The van der Waals surface area contributed by atoms with E-state index in [-0.39, 0.29) is 6.54 Å². The Bertz CT molecular complexity index is 734. The van der Waals surface area contributed by atoms with E-state index in [0.29, 0.717) is 17.1 Å². The highest BCUT2D eigenvalue weighted by Crippen LogP contribution is 2.11. The molecule has 8 nitrogen and oxygen atoms in total. The molecule has 8 heteroatoms. The first kappa shape index (κ1) is 17.5. The molecule has 0 radical (unpaired) electrons. The lowest BCUT2D eigenvalue weighted by Crippen LogP contribution is -2.32. The summed E-state index contributed by atoms with van der Waals surface area (Å²) in [7, 11) is 1.32. The van der Waals surface area contributed by atoms with Crippen molar-refractivity contribution in [1.29, 1.82) is 0 Å². The molecule has 0 aliphatic carbocycles. The van der Waals surface area contributed by atoms with Gasteiger partial charge < -0.3 is 19.4 Å². The van der Waals surface area contributed by atoms with E-state index in [9.17, 15) is 9.59 Å². The standard InChI is InChI=1S/C16H20N4O4/c1-16(2,3)24-15(22)17-8-12-7-13(19-10-18-12)20-6-5-11(9-20)14(21)23-4/h5-7,9-10H,8H2,1-4H3,(H,17,22). The maximum atomic E-state index is 11.7. The molecule has 2 aromatic rings. The molecular weight excluding hydrogens is 312 g/mol. The molecule has 24 heavy (non-hydrogen) atoms. The van der Waals surface area contributed by atoms with Gasteiger partial charge in [-0.25, -0.2) is 19.6 Å². The van der Waals surface area contributed by atoms with Gasteiger partial charge in [0.25, 0.3) is 0 Å². The SMILES string of the molecule is COC(=O)c1ccn(-c2cc(CNC(=O)OC(C)(C)C)ncn2)c1. The molecule has 0 fully saturated rings. The first-order valence-corrected chi connectivity index (χ1v) is 7.33. The van der Waals surface area contributed by atoms with Crippen LogP contribution in [0.5, 0.6) is 0 Å². The van der Waals surface area contributed by atoms with Crippen LogP contribution in [-0.2, 0) is 16.0 Å². The smallest absolute Gasteiger partial charge is 0.407 e. The van der Waals surface area contributed by atoms with Gasteiger partial charge >= 0.3 is 12.1 Å². The minimum absolute atomic E-state index is 0.204. The third kappa shape index (κ3) is 4.80. The molecular formula is C16H20N4O4. The van der Waals surface area contributed by atoms with E-state index >= 15 is 0 Å². The van der Waals surface area contributed by atoms with Crippen molar-refractivity contribution in [1.82, 2.24) is 19.9 Å². The minimum Gasteiger partial charge on any atom is -0.465 e. The Balaban J connectivity index is 2.05. The zero-order valence-electron chi connectivity index (χ0n) is 14.1. The van der Waals surface area contributed by atoms with Crippen LogP contribution in [0.1, 0.15) is 36.8 Å². The molecule has 1 amide bonds. The molecule has 0 aliphatic rings. The summed E-state index contributed by atoms with van der Waals surface area (Å²) >= 11 is 0. The van der Waals surface area contributed by atoms with Gasteiger partial charge in [-0.2, -0.15) is 0 Å². The molecule has 0 bridgehead atoms. The number of nitrogens with one attached hydrogen (secondary N) is 1. The van der Waals surface area contributed by atoms with E-state index in [1.54, 1.807) is 49.9 Å². The number of esters is 1. The first-order chi connectivity index (χ1) is 11.3. The average Bonchev–Trinajstić information content (AvgIpc) is 3.01. The quantitative estimate of drug-likeness (QED) is 0.861. The molecule has 0 unspecified atom stereocenters. The van der Waals surface area contributed by atoms with Crippen LogP contribution in [0.25, 0.3) is 5.82 Å². The van der Waals surface area contributed by atoms with Crippen molar-refractivity contribution in [3.63, 3.8) is 0 Å². The van der Waals surface area contributed by atoms with Crippen LogP contribution in [0.15, 0.2) is 30.9 Å². The van der Waals surface area contributed by atoms with Crippen LogP contribution in [0, 0.1) is 0 Å². The van der Waals surface area contributed by atoms with Gasteiger partial charge in [0.2, 0.25) is 0 Å². The Morgan fingerprint density at radius 1 is 1.29 bits per heavy atom. The van der Waals surface area contributed by atoms with E-state index < -0.39 is 17.7 Å². The van der Waals surface area contributed by atoms with Crippen molar-refractivity contribution in [2.24, 2.45) is 0 Å². The summed E-state index contributed by atoms with van der Waals surface area (Å²) in [6.45, 7) is 5.58. The van der Waals surface area contributed by atoms with Crippen LogP contribution in [0.2, 0.25) is 0 Å². The van der Waals surface area contributed by atoms with E-state index in [1.165, 1.54) is 13.4 Å². The van der Waals surface area contributed by atoms with Crippen molar-refractivity contribution < 1.29 is 19.1 Å². The summed E-state index contributed by atoms with van der Waals surface area (Å²) in [6.07, 6.45) is 4.18. The molecule has 0 atom stereocenters. The number of hydrogen-bond acceptors (Lipinski definition) is 6. The normalized spacial score (nSPS) is 11.0. The van der Waals surface area contributed by atoms with Crippen molar-refractivity contribution in [2.75, 3.05) is 7.11 Å². The second-order valence-electron chi connectivity index (χ2n) is 6.02. The van der Waals surface area contributed by atoms with Crippen LogP contribution in [0.3, 0.4) is 0 Å². The van der Waals surface area contributed by atoms with E-state index in [1.807, 2.05) is 0 Å². The predicted octanol–water partition coefficient (Wildman–Crippen LogP) is 2.08. The summed E-state index contributed by atoms with van der Waals surface area (Å²) in [5.41, 5.74) is 0.472. The molecule has 2 rings (SSSR count). The Morgan fingerprint density at radius 2 is 2.04 bits per heavy atom. The van der Waals surface area contributed by atoms with E-state index in [4.69, 9.17) is 4.74 Å². The number of hydrogen-bond donors (Lipinski definition) is 1. The third-order valence-corrected chi connectivity index (χ3v) is 2.90. The molecule has 0 spiro atoms. The number of aromatic nitrogens is 3. The highest BCUT2D eigenvalue weighted by molar-refractivity contribution is 5.89. The number of rotatable bonds is 4. The topological polar surface area (TPSA) is 95.3 Å². The fourth-order valence-corrected chi connectivity index (χ4v) is 1.88. The van der Waals surface area contributed by atoms with Gasteiger partial charge in [0.15, 0.2) is 0 Å². The molecule has 0 aliphatic heterocycles. The minimum atomic E-state index is -0.559. The summed E-state index contributed by atoms with van der Waals surface area (Å²) < 4.78 is 11.5. The van der Waals surface area contributed by atoms with Crippen molar-refractivity contribution >= 4 is 12.1 Å². The number of carbonyl (C=O) groups excluding carboxylic acids is 2. The van der Waals surface area contributed by atoms with Gasteiger partial charge in [0, 0.05) is 18.5 Å². The number of ether oxygens (including phenoxy) is 2. The van der Waals surface area contributed by atoms with E-state index in [2.05, 4.69) is 20.0 Å². The Labute approximate surface area is 139 Å². The summed E-state index contributed by atoms with van der Waals surface area (Å²) in [4.78, 5) is 31.4. The molecule has 0 saturated carbocycles. The van der Waals surface area contributed by atoms with Crippen LogP contribution in [0.4, 0.5) is 4.79 Å². The first-order valence-electron chi connectivity index (χ1n) is 7.33. The zero-order chi connectivity index (χ0) is 17.7. The number of alkyl carbamates (subject to hydrolysis) is 1. The van der Waals surface area contributed by atoms with Crippen molar-refractivity contribution in [2.45, 2.75) is 32.9 Å². The van der Waals surface area contributed by atoms with Crippen LogP contribution in [-0.4, -0.2) is 39.3 Å². The number of amides is 1. The lowest BCUT2D eigenvalue weighted by Gasteiger charge is -2.19. The lowest BCUT2D eigenvalue weighted by molar-refractivity contribution is 0.0521. The van der Waals surface area contributed by atoms with Gasteiger partial charge in [-0.3, -0.25) is 0 Å². The lowest BCUT2D eigenvalue weighted by atomic mass is 10.2. The molecule has 2 heterocycles. The predicted molar refractivity (Wildman–Crippen MR) is 85.8 cm³/mol. The maximum absolute atomic E-state index is 11.7. The molecule has 1 N–H and O–H groups in total. The van der Waals surface area contributed by atoms with Gasteiger partial charge in [-0.15, -0.1) is 0 Å². The van der Waals surface area contributed by atoms with Crippen LogP contribution >= 0.6 is 0 Å². The average molecular weight is 332 g/mol. The van der Waals surface area contributed by atoms with Crippen molar-refractivity contribution in [3.8, 4) is 5.82 Å². The zero-order valence-corrected chi connectivity index (χ0v) is 14.1. The Morgan fingerprint density at radius 3 is 2.71 bits per heavy atom. The molecule has 0 aromatic carbocycles. The van der Waals surface area contributed by atoms with Gasteiger partial charge in [0.05, 0.1) is 24.9 Å². The number of carbonyl (C=O) groups is 2. The van der Waals surface area contributed by atoms with Gasteiger partial charge in [-0.05, 0) is 26.8 Å². The summed E-state index contributed by atoms with van der Waals surface area (Å²) in [5.74, 6) is 0.149. The highest BCUT2D eigenvalue weighted by atomic mass is 16.6. The molecule has 2 aromatic heterocycles. The second-order valence-corrected chi connectivity index (χ2v) is 6.02. The van der Waals surface area contributed by atoms with E-state index in [0.717, 1.165) is 0 Å². The fourth-order valence-electron chi connectivity index (χ4n) is 1.88.